The molecule has 0 atom stereocenters. The zero-order valence-electron chi connectivity index (χ0n) is 39.5. The molecule has 2 aromatic carbocycles. The molecule has 67 heavy (non-hydrogen) atoms. The van der Waals surface area contributed by atoms with Gasteiger partial charge in [-0.2, -0.15) is 5.26 Å². The molecule has 2 aliphatic rings. The second-order valence-corrected chi connectivity index (χ2v) is 18.0. The number of carboxylic acids is 4. The standard InChI is InChI=1S/C18H25N3O6.C18H35N3O4.C8H7BrO2.C2H3N.CH4/c22-16(23)12-20-7-5-19(6-8-21(10-9-20)13-17(24)25)11-14-1-3-15(4-2-14)18(26)27;1-17(2,3)24-15(22)13-20-9-7-19-8-10-21(12-11-20)14-16(23)25-18(4,5)6;9-5-6-1-3-7(4-2-6)8(10)11;1-2-3;/h1-4H,5-13H2,(H,22,23)(H,24,25)(H,26,27);19H,7-14H2,1-6H3;1-4H,5H2,(H,10,11);1H3;1H4. The van der Waals surface area contributed by atoms with E-state index in [0.717, 1.165) is 42.6 Å². The molecule has 20 heteroatoms. The maximum Gasteiger partial charge on any atom is 0.335 e. The fourth-order valence-corrected chi connectivity index (χ4v) is 6.70. The number of nitriles is 1. The molecular formula is C47H74BrN7O12. The number of nitrogens with one attached hydrogen (secondary N) is 1. The predicted molar refractivity (Wildman–Crippen MR) is 258 cm³/mol. The number of esters is 2. The number of nitrogens with zero attached hydrogens (tertiary/aromatic N) is 6. The van der Waals surface area contributed by atoms with E-state index in [2.05, 4.69) is 35.9 Å². The zero-order chi connectivity index (χ0) is 49.9. The molecule has 5 N–H and O–H groups in total. The normalized spacial score (nSPS) is 15.8. The highest BCUT2D eigenvalue weighted by molar-refractivity contribution is 9.08. The number of hydrogen-bond donors (Lipinski definition) is 5. The topological polar surface area (TPSA) is 254 Å². The Labute approximate surface area is 404 Å². The molecule has 2 aromatic rings. The van der Waals surface area contributed by atoms with Crippen LogP contribution in [0, 0.1) is 11.3 Å². The van der Waals surface area contributed by atoms with Gasteiger partial charge >= 0.3 is 35.8 Å². The molecule has 19 nitrogen and oxygen atoms in total. The minimum absolute atomic E-state index is 0. The molecule has 0 aromatic heterocycles. The van der Waals surface area contributed by atoms with Crippen molar-refractivity contribution >= 4 is 51.7 Å². The second kappa shape index (κ2) is 32.7. The van der Waals surface area contributed by atoms with Crippen molar-refractivity contribution in [3.8, 4) is 6.07 Å². The number of aromatic carboxylic acids is 2. The van der Waals surface area contributed by atoms with Crippen molar-refractivity contribution < 1.29 is 58.7 Å². The number of alkyl halides is 1. The van der Waals surface area contributed by atoms with E-state index in [-0.39, 0.29) is 51.1 Å². The van der Waals surface area contributed by atoms with Gasteiger partial charge in [0, 0.05) is 97.3 Å². The molecular weight excluding hydrogens is 934 g/mol. The van der Waals surface area contributed by atoms with Crippen molar-refractivity contribution in [1.29, 1.82) is 5.26 Å². The average Bonchev–Trinajstić information content (AvgIpc) is 3.37. The first kappa shape index (κ1) is 62.0. The van der Waals surface area contributed by atoms with Gasteiger partial charge in [-0.1, -0.05) is 47.6 Å². The summed E-state index contributed by atoms with van der Waals surface area (Å²) in [6.07, 6.45) is 0. The summed E-state index contributed by atoms with van der Waals surface area (Å²) >= 11 is 3.27. The van der Waals surface area contributed by atoms with Gasteiger partial charge < -0.3 is 35.2 Å². The van der Waals surface area contributed by atoms with Crippen molar-refractivity contribution in [2.45, 2.75) is 79.0 Å². The van der Waals surface area contributed by atoms with E-state index in [1.807, 2.05) is 51.3 Å². The Kier molecular flexibility index (Phi) is 30.2. The van der Waals surface area contributed by atoms with Gasteiger partial charge in [0.25, 0.3) is 0 Å². The van der Waals surface area contributed by atoms with E-state index in [0.29, 0.717) is 64.5 Å². The smallest absolute Gasteiger partial charge is 0.335 e. The Morgan fingerprint density at radius 2 is 0.866 bits per heavy atom. The van der Waals surface area contributed by atoms with E-state index in [1.165, 1.54) is 6.92 Å². The van der Waals surface area contributed by atoms with Gasteiger partial charge in [0.15, 0.2) is 0 Å². The zero-order valence-corrected chi connectivity index (χ0v) is 41.0. The summed E-state index contributed by atoms with van der Waals surface area (Å²) in [6, 6.07) is 15.2. The second-order valence-electron chi connectivity index (χ2n) is 17.5. The maximum atomic E-state index is 12.1. The number of benzene rings is 2. The highest BCUT2D eigenvalue weighted by Gasteiger charge is 2.23. The Morgan fingerprint density at radius 1 is 0.567 bits per heavy atom. The third-order valence-electron chi connectivity index (χ3n) is 9.36. The number of aliphatic carboxylic acids is 2. The van der Waals surface area contributed by atoms with Crippen LogP contribution in [0.4, 0.5) is 0 Å². The molecule has 376 valence electrons. The van der Waals surface area contributed by atoms with Crippen LogP contribution < -0.4 is 5.32 Å². The number of carboxylic acid groups (broad SMARTS) is 4. The van der Waals surface area contributed by atoms with Gasteiger partial charge in [0.1, 0.15) is 11.2 Å². The first-order valence-electron chi connectivity index (χ1n) is 21.6. The molecule has 4 rings (SSSR count). The van der Waals surface area contributed by atoms with Gasteiger partial charge in [-0.25, -0.2) is 9.59 Å². The van der Waals surface area contributed by atoms with Crippen LogP contribution in [0.3, 0.4) is 0 Å². The number of carbonyl (C=O) groups excluding carboxylic acids is 2. The quantitative estimate of drug-likeness (QED) is 0.139. The van der Waals surface area contributed by atoms with E-state index < -0.39 is 35.1 Å². The minimum atomic E-state index is -0.974. The van der Waals surface area contributed by atoms with Crippen LogP contribution >= 0.6 is 15.9 Å². The molecule has 0 spiro atoms. The lowest BCUT2D eigenvalue weighted by Gasteiger charge is -2.27. The summed E-state index contributed by atoms with van der Waals surface area (Å²) in [6.45, 7) is 21.6. The first-order valence-corrected chi connectivity index (χ1v) is 22.8. The SMILES string of the molecule is C.CC#N.CC(C)(C)OC(=O)CN1CCNCCN(CC(=O)OC(C)(C)C)CC1.O=C(O)CN1CCN(CC(=O)O)CCN(Cc2ccc(C(=O)O)cc2)CC1.O=C(O)c1ccc(CBr)cc1. The molecule has 0 bridgehead atoms. The number of halogens is 1. The number of rotatable bonds is 13. The lowest BCUT2D eigenvalue weighted by atomic mass is 10.1. The molecule has 2 fully saturated rings. The molecule has 0 amide bonds. The Hall–Kier alpha value is -5.01. The number of ether oxygens (including phenoxy) is 2. The van der Waals surface area contributed by atoms with Gasteiger partial charge in [0.05, 0.1) is 43.4 Å². The fraction of sp³-hybridized carbons (Fsp3) is 0.596. The summed E-state index contributed by atoms with van der Waals surface area (Å²) in [7, 11) is 0. The van der Waals surface area contributed by atoms with Crippen LogP contribution in [-0.2, 0) is 40.5 Å². The van der Waals surface area contributed by atoms with Crippen molar-refractivity contribution in [1.82, 2.24) is 29.8 Å². The minimum Gasteiger partial charge on any atom is -0.480 e. The third-order valence-corrected chi connectivity index (χ3v) is 10.0. The highest BCUT2D eigenvalue weighted by atomic mass is 79.9. The van der Waals surface area contributed by atoms with Gasteiger partial charge in [-0.05, 0) is 76.9 Å². The Balaban J connectivity index is 0.00000101. The molecule has 0 aliphatic carbocycles. The molecule has 0 radical (unpaired) electrons. The fourth-order valence-electron chi connectivity index (χ4n) is 6.32. The lowest BCUT2D eigenvalue weighted by Crippen LogP contribution is -2.42. The van der Waals surface area contributed by atoms with E-state index in [4.69, 9.17) is 35.2 Å². The van der Waals surface area contributed by atoms with Gasteiger partial charge in [-0.3, -0.25) is 43.7 Å². The Bertz CT molecular complexity index is 1780. The lowest BCUT2D eigenvalue weighted by molar-refractivity contribution is -0.158. The van der Waals surface area contributed by atoms with E-state index in [9.17, 15) is 28.8 Å². The highest BCUT2D eigenvalue weighted by Crippen LogP contribution is 2.12. The van der Waals surface area contributed by atoms with Crippen LogP contribution in [-0.4, -0.2) is 197 Å². The summed E-state index contributed by atoms with van der Waals surface area (Å²) < 4.78 is 10.8. The first-order chi connectivity index (χ1) is 30.9. The summed E-state index contributed by atoms with van der Waals surface area (Å²) in [5, 5.41) is 47.1. The van der Waals surface area contributed by atoms with Crippen LogP contribution in [0.1, 0.15) is 87.7 Å². The van der Waals surface area contributed by atoms with Gasteiger partial charge in [0.2, 0.25) is 0 Å². The predicted octanol–water partition coefficient (Wildman–Crippen LogP) is 4.30. The number of hydrogen-bond acceptors (Lipinski definition) is 15. The van der Waals surface area contributed by atoms with Crippen molar-refractivity contribution in [3.05, 3.63) is 70.8 Å². The monoisotopic (exact) mass is 1010 g/mol. The van der Waals surface area contributed by atoms with Crippen LogP contribution in [0.25, 0.3) is 0 Å². The molecule has 0 saturated carbocycles. The third kappa shape index (κ3) is 30.8. The van der Waals surface area contributed by atoms with E-state index >= 15 is 0 Å². The summed E-state index contributed by atoms with van der Waals surface area (Å²) in [5.74, 6) is -4.11. The van der Waals surface area contributed by atoms with Crippen molar-refractivity contribution in [2.75, 3.05) is 105 Å². The Morgan fingerprint density at radius 3 is 1.15 bits per heavy atom. The largest absolute Gasteiger partial charge is 0.480 e. The molecule has 2 saturated heterocycles. The summed E-state index contributed by atoms with van der Waals surface area (Å²) in [4.78, 5) is 77.4. The molecule has 0 unspecified atom stereocenters. The molecule has 2 aliphatic heterocycles. The molecule has 2 heterocycles. The summed E-state index contributed by atoms with van der Waals surface area (Å²) in [5.41, 5.74) is 1.64. The number of carbonyl (C=O) groups is 6. The van der Waals surface area contributed by atoms with E-state index in [1.54, 1.807) is 54.6 Å². The maximum absolute atomic E-state index is 12.1. The van der Waals surface area contributed by atoms with Crippen LogP contribution in [0.2, 0.25) is 0 Å². The average molecular weight is 1010 g/mol. The van der Waals surface area contributed by atoms with Crippen molar-refractivity contribution in [3.63, 3.8) is 0 Å². The van der Waals surface area contributed by atoms with Crippen LogP contribution in [0.5, 0.6) is 0 Å². The van der Waals surface area contributed by atoms with Gasteiger partial charge in [-0.15, -0.1) is 0 Å². The van der Waals surface area contributed by atoms with Crippen LogP contribution in [0.15, 0.2) is 48.5 Å². The van der Waals surface area contributed by atoms with Crippen molar-refractivity contribution in [2.24, 2.45) is 0 Å².